The number of nitriles is 1. The van der Waals surface area contributed by atoms with Crippen LogP contribution in [0.5, 0.6) is 0 Å². The number of thiophene rings is 1. The van der Waals surface area contributed by atoms with Crippen molar-refractivity contribution in [1.29, 1.82) is 5.26 Å². The molecular weight excluding hydrogens is 338 g/mol. The highest BCUT2D eigenvalue weighted by Crippen LogP contribution is 2.29. The predicted molar refractivity (Wildman–Crippen MR) is 97.9 cm³/mol. The number of nitrogens with zero attached hydrogens (tertiary/aromatic N) is 1. The number of hydrogen-bond acceptors (Lipinski definition) is 6. The van der Waals surface area contributed by atoms with Crippen LogP contribution in [0.2, 0.25) is 0 Å². The van der Waals surface area contributed by atoms with Gasteiger partial charge in [0, 0.05) is 10.6 Å². The highest BCUT2D eigenvalue weighted by Gasteiger charge is 2.18. The summed E-state index contributed by atoms with van der Waals surface area (Å²) >= 11 is 1.37. The van der Waals surface area contributed by atoms with E-state index in [1.54, 1.807) is 37.3 Å². The molecule has 2 aromatic rings. The zero-order valence-electron chi connectivity index (χ0n) is 14.1. The van der Waals surface area contributed by atoms with E-state index in [-0.39, 0.29) is 19.1 Å². The summed E-state index contributed by atoms with van der Waals surface area (Å²) < 4.78 is 5.03. The van der Waals surface area contributed by atoms with Gasteiger partial charge in [-0.2, -0.15) is 5.26 Å². The van der Waals surface area contributed by atoms with E-state index in [1.165, 1.54) is 11.3 Å². The predicted octanol–water partition coefficient (Wildman–Crippen LogP) is 3.41. The Labute approximate surface area is 150 Å². The van der Waals surface area contributed by atoms with Gasteiger partial charge >= 0.3 is 5.97 Å². The Hall–Kier alpha value is -2.85. The van der Waals surface area contributed by atoms with Crippen LogP contribution < -0.4 is 10.6 Å². The second-order valence-corrected chi connectivity index (χ2v) is 6.26. The van der Waals surface area contributed by atoms with Gasteiger partial charge in [-0.1, -0.05) is 13.0 Å². The van der Waals surface area contributed by atoms with Crippen molar-refractivity contribution < 1.29 is 14.3 Å². The zero-order valence-corrected chi connectivity index (χ0v) is 14.9. The minimum absolute atomic E-state index is 0.0243. The van der Waals surface area contributed by atoms with Crippen LogP contribution >= 0.6 is 11.3 Å². The fourth-order valence-corrected chi connectivity index (χ4v) is 3.12. The number of esters is 1. The summed E-state index contributed by atoms with van der Waals surface area (Å²) in [6.07, 6.45) is 0.770. The number of rotatable bonds is 7. The number of carbonyl (C=O) groups excluding carboxylic acids is 2. The van der Waals surface area contributed by atoms with Crippen LogP contribution in [0.1, 0.15) is 34.6 Å². The van der Waals surface area contributed by atoms with Gasteiger partial charge in [0.2, 0.25) is 5.91 Å². The Bertz CT molecular complexity index is 808. The lowest BCUT2D eigenvalue weighted by molar-refractivity contribution is -0.114. The minimum atomic E-state index is -0.441. The van der Waals surface area contributed by atoms with Gasteiger partial charge < -0.3 is 15.4 Å². The first-order valence-corrected chi connectivity index (χ1v) is 8.72. The molecule has 0 spiro atoms. The molecule has 0 aliphatic heterocycles. The standard InChI is InChI=1S/C18H19N3O3S/c1-3-14-9-15(18(23)24-4-2)17(25-14)21-16(22)11-20-13-7-5-6-12(8-13)10-19/h5-9,20H,3-4,11H2,1-2H3,(H,21,22). The second kappa shape index (κ2) is 8.85. The molecule has 0 radical (unpaired) electrons. The molecule has 1 heterocycles. The molecule has 0 atom stereocenters. The van der Waals surface area contributed by atoms with Gasteiger partial charge in [0.1, 0.15) is 5.00 Å². The first kappa shape index (κ1) is 18.5. The molecule has 0 bridgehead atoms. The van der Waals surface area contributed by atoms with E-state index in [4.69, 9.17) is 10.00 Å². The maximum Gasteiger partial charge on any atom is 0.341 e. The number of anilines is 2. The van der Waals surface area contributed by atoms with E-state index in [0.717, 1.165) is 11.3 Å². The molecular formula is C18H19N3O3S. The molecule has 1 aromatic heterocycles. The van der Waals surface area contributed by atoms with E-state index in [2.05, 4.69) is 10.6 Å². The van der Waals surface area contributed by atoms with Gasteiger partial charge in [0.05, 0.1) is 30.3 Å². The SMILES string of the molecule is CCOC(=O)c1cc(CC)sc1NC(=O)CNc1cccc(C#N)c1. The number of benzene rings is 1. The van der Waals surface area contributed by atoms with Gasteiger partial charge in [-0.05, 0) is 37.6 Å². The first-order chi connectivity index (χ1) is 12.1. The topological polar surface area (TPSA) is 91.2 Å². The van der Waals surface area contributed by atoms with Crippen LogP contribution in [-0.2, 0) is 16.0 Å². The van der Waals surface area contributed by atoms with Gasteiger partial charge in [0.25, 0.3) is 0 Å². The Kier molecular flexibility index (Phi) is 6.54. The molecule has 2 rings (SSSR count). The molecule has 1 amide bonds. The quantitative estimate of drug-likeness (QED) is 0.741. The molecule has 2 N–H and O–H groups in total. The smallest absolute Gasteiger partial charge is 0.341 e. The van der Waals surface area contributed by atoms with Crippen molar-refractivity contribution in [2.75, 3.05) is 23.8 Å². The first-order valence-electron chi connectivity index (χ1n) is 7.91. The Morgan fingerprint density at radius 1 is 1.28 bits per heavy atom. The van der Waals surface area contributed by atoms with Crippen molar-refractivity contribution in [1.82, 2.24) is 0 Å². The normalized spacial score (nSPS) is 9.96. The molecule has 0 fully saturated rings. The van der Waals surface area contributed by atoms with E-state index in [0.29, 0.717) is 21.8 Å². The molecule has 6 nitrogen and oxygen atoms in total. The van der Waals surface area contributed by atoms with Crippen LogP contribution in [-0.4, -0.2) is 25.0 Å². The number of ether oxygens (including phenoxy) is 1. The lowest BCUT2D eigenvalue weighted by Crippen LogP contribution is -2.22. The summed E-state index contributed by atoms with van der Waals surface area (Å²) in [7, 11) is 0. The van der Waals surface area contributed by atoms with Crippen molar-refractivity contribution in [3.63, 3.8) is 0 Å². The molecule has 7 heteroatoms. The number of nitrogens with one attached hydrogen (secondary N) is 2. The van der Waals surface area contributed by atoms with E-state index in [1.807, 2.05) is 13.0 Å². The highest BCUT2D eigenvalue weighted by atomic mass is 32.1. The fourth-order valence-electron chi connectivity index (χ4n) is 2.12. The number of carbonyl (C=O) groups is 2. The largest absolute Gasteiger partial charge is 0.462 e. The maximum atomic E-state index is 12.2. The van der Waals surface area contributed by atoms with Gasteiger partial charge in [0.15, 0.2) is 0 Å². The van der Waals surface area contributed by atoms with Gasteiger partial charge in [-0.3, -0.25) is 4.79 Å². The van der Waals surface area contributed by atoms with Crippen LogP contribution in [0.25, 0.3) is 0 Å². The monoisotopic (exact) mass is 357 g/mol. The van der Waals surface area contributed by atoms with Crippen molar-refractivity contribution >= 4 is 33.9 Å². The third kappa shape index (κ3) is 5.06. The van der Waals surface area contributed by atoms with Crippen molar-refractivity contribution in [3.05, 3.63) is 46.3 Å². The second-order valence-electron chi connectivity index (χ2n) is 5.12. The molecule has 0 aliphatic carbocycles. The number of aryl methyl sites for hydroxylation is 1. The van der Waals surface area contributed by atoms with Crippen molar-refractivity contribution in [3.8, 4) is 6.07 Å². The summed E-state index contributed by atoms with van der Waals surface area (Å²) in [5.41, 5.74) is 1.57. The van der Waals surface area contributed by atoms with E-state index in [9.17, 15) is 9.59 Å². The van der Waals surface area contributed by atoms with Gasteiger partial charge in [-0.25, -0.2) is 4.79 Å². The minimum Gasteiger partial charge on any atom is -0.462 e. The van der Waals surface area contributed by atoms with Gasteiger partial charge in [-0.15, -0.1) is 11.3 Å². The van der Waals surface area contributed by atoms with Crippen molar-refractivity contribution in [2.45, 2.75) is 20.3 Å². The lowest BCUT2D eigenvalue weighted by atomic mass is 10.2. The molecule has 130 valence electrons. The highest BCUT2D eigenvalue weighted by molar-refractivity contribution is 7.16. The summed E-state index contributed by atoms with van der Waals surface area (Å²) in [6.45, 7) is 4.02. The number of amides is 1. The third-order valence-corrected chi connectivity index (χ3v) is 4.52. The summed E-state index contributed by atoms with van der Waals surface area (Å²) in [4.78, 5) is 25.2. The van der Waals surface area contributed by atoms with Crippen molar-refractivity contribution in [2.24, 2.45) is 0 Å². The Morgan fingerprint density at radius 2 is 2.08 bits per heavy atom. The average molecular weight is 357 g/mol. The van der Waals surface area contributed by atoms with E-state index < -0.39 is 5.97 Å². The van der Waals surface area contributed by atoms with Crippen LogP contribution in [0.15, 0.2) is 30.3 Å². The summed E-state index contributed by atoms with van der Waals surface area (Å²) in [5, 5.41) is 15.1. The zero-order chi connectivity index (χ0) is 18.2. The van der Waals surface area contributed by atoms with E-state index >= 15 is 0 Å². The third-order valence-electron chi connectivity index (χ3n) is 3.32. The van der Waals surface area contributed by atoms with Crippen LogP contribution in [0, 0.1) is 11.3 Å². The summed E-state index contributed by atoms with van der Waals surface area (Å²) in [6, 6.07) is 10.7. The van der Waals surface area contributed by atoms with Crippen LogP contribution in [0.4, 0.5) is 10.7 Å². The lowest BCUT2D eigenvalue weighted by Gasteiger charge is -2.08. The maximum absolute atomic E-state index is 12.2. The fraction of sp³-hybridized carbons (Fsp3) is 0.278. The van der Waals surface area contributed by atoms with Crippen LogP contribution in [0.3, 0.4) is 0 Å². The Morgan fingerprint density at radius 3 is 2.76 bits per heavy atom. The molecule has 25 heavy (non-hydrogen) atoms. The Balaban J connectivity index is 2.03. The molecule has 0 saturated heterocycles. The average Bonchev–Trinajstić information content (AvgIpc) is 3.03. The number of hydrogen-bond donors (Lipinski definition) is 2. The molecule has 0 unspecified atom stereocenters. The summed E-state index contributed by atoms with van der Waals surface area (Å²) in [5.74, 6) is -0.721. The molecule has 1 aromatic carbocycles. The molecule has 0 aliphatic rings. The molecule has 0 saturated carbocycles.